The van der Waals surface area contributed by atoms with Crippen molar-refractivity contribution < 1.29 is 4.74 Å². The van der Waals surface area contributed by atoms with Gasteiger partial charge in [-0.05, 0) is 19.9 Å². The van der Waals surface area contributed by atoms with Gasteiger partial charge in [-0.25, -0.2) is 0 Å². The average Bonchev–Trinajstić information content (AvgIpc) is 2.63. The third kappa shape index (κ3) is 2.13. The van der Waals surface area contributed by atoms with Gasteiger partial charge < -0.3 is 9.64 Å². The Balaban J connectivity index is 1.94. The second kappa shape index (κ2) is 4.13. The fourth-order valence-electron chi connectivity index (χ4n) is 2.65. The minimum absolute atomic E-state index is 0.0387. The zero-order valence-corrected chi connectivity index (χ0v) is 11.3. The van der Waals surface area contributed by atoms with Crippen molar-refractivity contribution in [2.75, 3.05) is 29.5 Å². The van der Waals surface area contributed by atoms with Crippen molar-refractivity contribution in [1.29, 1.82) is 0 Å². The lowest BCUT2D eigenvalue weighted by molar-refractivity contribution is 0.139. The molecule has 3 heteroatoms. The Morgan fingerprint density at radius 3 is 2.76 bits per heavy atom. The Morgan fingerprint density at radius 2 is 2.00 bits per heavy atom. The smallest absolute Gasteiger partial charge is 0.146 e. The molecule has 92 valence electrons. The van der Waals surface area contributed by atoms with Crippen LogP contribution >= 0.6 is 11.8 Å². The van der Waals surface area contributed by atoms with E-state index in [0.717, 1.165) is 25.3 Å². The number of rotatable bonds is 1. The molecule has 17 heavy (non-hydrogen) atoms. The molecular weight excluding hydrogens is 230 g/mol. The number of anilines is 1. The van der Waals surface area contributed by atoms with Gasteiger partial charge in [-0.3, -0.25) is 0 Å². The van der Waals surface area contributed by atoms with Crippen molar-refractivity contribution >= 4 is 17.4 Å². The van der Waals surface area contributed by atoms with E-state index in [2.05, 4.69) is 36.9 Å². The van der Waals surface area contributed by atoms with Crippen LogP contribution in [0.15, 0.2) is 18.2 Å². The molecule has 0 aliphatic carbocycles. The van der Waals surface area contributed by atoms with Gasteiger partial charge in [0.1, 0.15) is 11.4 Å². The van der Waals surface area contributed by atoms with Crippen molar-refractivity contribution in [1.82, 2.24) is 0 Å². The molecule has 2 aliphatic rings. The molecule has 2 aliphatic heterocycles. The normalized spacial score (nSPS) is 22.1. The third-order valence-corrected chi connectivity index (χ3v) is 4.36. The van der Waals surface area contributed by atoms with Crippen molar-refractivity contribution in [2.45, 2.75) is 25.9 Å². The first-order valence-electron chi connectivity index (χ1n) is 6.29. The van der Waals surface area contributed by atoms with E-state index in [1.807, 2.05) is 11.8 Å². The van der Waals surface area contributed by atoms with Gasteiger partial charge in [-0.15, -0.1) is 0 Å². The van der Waals surface area contributed by atoms with Crippen LogP contribution in [-0.2, 0) is 6.42 Å². The van der Waals surface area contributed by atoms with Crippen molar-refractivity contribution in [2.24, 2.45) is 0 Å². The minimum atomic E-state index is -0.0387. The zero-order chi connectivity index (χ0) is 11.9. The fraction of sp³-hybridized carbons (Fsp3) is 0.571. The van der Waals surface area contributed by atoms with Gasteiger partial charge in [-0.1, -0.05) is 12.1 Å². The van der Waals surface area contributed by atoms with Gasteiger partial charge in [0.15, 0.2) is 0 Å². The molecule has 0 radical (unpaired) electrons. The maximum atomic E-state index is 6.13. The average molecular weight is 249 g/mol. The van der Waals surface area contributed by atoms with Crippen LogP contribution < -0.4 is 9.64 Å². The maximum Gasteiger partial charge on any atom is 0.146 e. The summed E-state index contributed by atoms with van der Waals surface area (Å²) in [6, 6.07) is 6.57. The zero-order valence-electron chi connectivity index (χ0n) is 10.5. The Kier molecular flexibility index (Phi) is 2.74. The van der Waals surface area contributed by atoms with E-state index in [-0.39, 0.29) is 5.60 Å². The van der Waals surface area contributed by atoms with E-state index >= 15 is 0 Å². The topological polar surface area (TPSA) is 12.5 Å². The molecule has 2 heterocycles. The minimum Gasteiger partial charge on any atom is -0.485 e. The van der Waals surface area contributed by atoms with Crippen molar-refractivity contribution in [3.05, 3.63) is 23.8 Å². The van der Waals surface area contributed by atoms with E-state index < -0.39 is 0 Å². The van der Waals surface area contributed by atoms with E-state index in [1.54, 1.807) is 0 Å². The largest absolute Gasteiger partial charge is 0.485 e. The van der Waals surface area contributed by atoms with Crippen LogP contribution in [0.3, 0.4) is 0 Å². The monoisotopic (exact) mass is 249 g/mol. The van der Waals surface area contributed by atoms with Gasteiger partial charge in [0.25, 0.3) is 0 Å². The molecule has 1 saturated heterocycles. The highest BCUT2D eigenvalue weighted by Crippen LogP contribution is 2.42. The van der Waals surface area contributed by atoms with Crippen molar-refractivity contribution in [3.8, 4) is 5.75 Å². The lowest BCUT2D eigenvalue weighted by Crippen LogP contribution is -2.33. The number of fused-ring (bicyclic) bond motifs is 1. The summed E-state index contributed by atoms with van der Waals surface area (Å²) in [5, 5.41) is 0. The number of para-hydroxylation sites is 1. The lowest BCUT2D eigenvalue weighted by Gasteiger charge is -2.30. The Labute approximate surface area is 107 Å². The second-order valence-electron chi connectivity index (χ2n) is 5.40. The van der Waals surface area contributed by atoms with Crippen LogP contribution in [0, 0.1) is 0 Å². The summed E-state index contributed by atoms with van der Waals surface area (Å²) in [5.41, 5.74) is 2.63. The van der Waals surface area contributed by atoms with E-state index in [1.165, 1.54) is 22.8 Å². The molecule has 0 saturated carbocycles. The lowest BCUT2D eigenvalue weighted by atomic mass is 10.0. The van der Waals surface area contributed by atoms with E-state index in [4.69, 9.17) is 4.74 Å². The van der Waals surface area contributed by atoms with Crippen LogP contribution in [0.25, 0.3) is 0 Å². The molecule has 0 N–H and O–H groups in total. The number of benzene rings is 1. The molecule has 1 aromatic carbocycles. The van der Waals surface area contributed by atoms with Gasteiger partial charge in [0.05, 0.1) is 5.69 Å². The van der Waals surface area contributed by atoms with Gasteiger partial charge in [0, 0.05) is 36.6 Å². The highest BCUT2D eigenvalue weighted by Gasteiger charge is 2.32. The molecular formula is C14H19NOS. The first-order chi connectivity index (χ1) is 8.16. The quantitative estimate of drug-likeness (QED) is 0.759. The van der Waals surface area contributed by atoms with E-state index in [0.29, 0.717) is 0 Å². The number of nitrogens with zero attached hydrogens (tertiary/aromatic N) is 1. The Bertz CT molecular complexity index is 424. The standard InChI is InChI=1S/C14H19NOS/c1-14(2)10-11-4-3-5-12(13(11)16-14)15-6-8-17-9-7-15/h3-5H,6-10H2,1-2H3. The SMILES string of the molecule is CC1(C)Cc2cccc(N3CCSCC3)c2O1. The van der Waals surface area contributed by atoms with Crippen molar-refractivity contribution in [3.63, 3.8) is 0 Å². The summed E-state index contributed by atoms with van der Waals surface area (Å²) in [6.45, 7) is 6.63. The summed E-state index contributed by atoms with van der Waals surface area (Å²) in [4.78, 5) is 2.47. The summed E-state index contributed by atoms with van der Waals surface area (Å²) < 4.78 is 6.13. The predicted molar refractivity (Wildman–Crippen MR) is 74.4 cm³/mol. The third-order valence-electron chi connectivity index (χ3n) is 3.42. The number of hydrogen-bond acceptors (Lipinski definition) is 3. The predicted octanol–water partition coefficient (Wildman–Crippen LogP) is 2.95. The van der Waals surface area contributed by atoms with Crippen LogP contribution in [0.2, 0.25) is 0 Å². The molecule has 1 aromatic rings. The van der Waals surface area contributed by atoms with E-state index in [9.17, 15) is 0 Å². The number of ether oxygens (including phenoxy) is 1. The first-order valence-corrected chi connectivity index (χ1v) is 7.45. The summed E-state index contributed by atoms with van der Waals surface area (Å²) in [6.07, 6.45) is 1.03. The van der Waals surface area contributed by atoms with Gasteiger partial charge in [-0.2, -0.15) is 11.8 Å². The highest BCUT2D eigenvalue weighted by atomic mass is 32.2. The Morgan fingerprint density at radius 1 is 1.24 bits per heavy atom. The number of thioether (sulfide) groups is 1. The van der Waals surface area contributed by atoms with Crippen LogP contribution in [-0.4, -0.2) is 30.2 Å². The van der Waals surface area contributed by atoms with Gasteiger partial charge >= 0.3 is 0 Å². The van der Waals surface area contributed by atoms with Gasteiger partial charge in [0.2, 0.25) is 0 Å². The van der Waals surface area contributed by atoms with Crippen LogP contribution in [0.4, 0.5) is 5.69 Å². The maximum absolute atomic E-state index is 6.13. The molecule has 0 unspecified atom stereocenters. The molecule has 0 amide bonds. The fourth-order valence-corrected chi connectivity index (χ4v) is 3.56. The molecule has 3 rings (SSSR count). The summed E-state index contributed by atoms with van der Waals surface area (Å²) in [7, 11) is 0. The molecule has 0 bridgehead atoms. The van der Waals surface area contributed by atoms with Crippen LogP contribution in [0.1, 0.15) is 19.4 Å². The molecule has 1 fully saturated rings. The first kappa shape index (κ1) is 11.3. The highest BCUT2D eigenvalue weighted by molar-refractivity contribution is 7.99. The molecule has 0 atom stereocenters. The summed E-state index contributed by atoms with van der Waals surface area (Å²) >= 11 is 2.04. The van der Waals surface area contributed by atoms with Crippen LogP contribution in [0.5, 0.6) is 5.75 Å². The molecule has 2 nitrogen and oxygen atoms in total. The molecule has 0 aromatic heterocycles. The summed E-state index contributed by atoms with van der Waals surface area (Å²) in [5.74, 6) is 3.59. The number of hydrogen-bond donors (Lipinski definition) is 0. The Hall–Kier alpha value is -0.830. The molecule has 0 spiro atoms. The second-order valence-corrected chi connectivity index (χ2v) is 6.63.